The van der Waals surface area contributed by atoms with E-state index in [4.69, 9.17) is 11.6 Å². The second-order valence-corrected chi connectivity index (χ2v) is 12.9. The summed E-state index contributed by atoms with van der Waals surface area (Å²) in [5.74, 6) is -0.483. The third kappa shape index (κ3) is 8.33. The molecule has 220 valence electrons. The maximum atomic E-state index is 14.1. The molecule has 0 fully saturated rings. The van der Waals surface area contributed by atoms with Crippen molar-refractivity contribution in [2.75, 3.05) is 23.9 Å². The van der Waals surface area contributed by atoms with Crippen molar-refractivity contribution in [3.63, 3.8) is 0 Å². The molecule has 0 aromatic heterocycles. The molecule has 0 unspecified atom stereocenters. The van der Waals surface area contributed by atoms with Crippen molar-refractivity contribution in [1.29, 1.82) is 0 Å². The largest absolute Gasteiger partial charge is 0.354 e. The van der Waals surface area contributed by atoms with Crippen LogP contribution in [0.5, 0.6) is 0 Å². The Morgan fingerprint density at radius 2 is 1.59 bits per heavy atom. The van der Waals surface area contributed by atoms with E-state index in [1.54, 1.807) is 37.3 Å². The van der Waals surface area contributed by atoms with Gasteiger partial charge in [0.25, 0.3) is 10.0 Å². The molecule has 0 aliphatic carbocycles. The molecule has 9 heteroatoms. The number of rotatable bonds is 13. The highest BCUT2D eigenvalue weighted by Gasteiger charge is 2.34. The summed E-state index contributed by atoms with van der Waals surface area (Å²) in [5, 5.41) is 3.34. The predicted octanol–water partition coefficient (Wildman–Crippen LogP) is 5.77. The second kappa shape index (κ2) is 14.5. The van der Waals surface area contributed by atoms with Crippen molar-refractivity contribution >= 4 is 39.1 Å². The highest BCUT2D eigenvalue weighted by Crippen LogP contribution is 2.31. The summed E-state index contributed by atoms with van der Waals surface area (Å²) in [6, 6.07) is 20.4. The standard InChI is InChI=1S/C32H40ClN3O4S/c1-6-29(32(38)34-21-23(2)3)35(20-19-26-11-8-7-9-12-26)31(37)22-36(30-14-10-13-28(33)25(30)5)41(39,40)27-17-15-24(4)16-18-27/h7-18,23,29H,6,19-22H2,1-5H3,(H,34,38)/t29-/m0/s1. The number of anilines is 1. The molecule has 0 saturated carbocycles. The molecule has 3 aromatic carbocycles. The van der Waals surface area contributed by atoms with Gasteiger partial charge in [-0.25, -0.2) is 8.42 Å². The Hall–Kier alpha value is -3.36. The van der Waals surface area contributed by atoms with E-state index in [0.29, 0.717) is 35.7 Å². The summed E-state index contributed by atoms with van der Waals surface area (Å²) in [5.41, 5.74) is 2.77. The van der Waals surface area contributed by atoms with Gasteiger partial charge in [0.05, 0.1) is 10.6 Å². The van der Waals surface area contributed by atoms with E-state index in [-0.39, 0.29) is 23.3 Å². The first-order chi connectivity index (χ1) is 19.4. The lowest BCUT2D eigenvalue weighted by molar-refractivity contribution is -0.139. The molecule has 0 radical (unpaired) electrons. The predicted molar refractivity (Wildman–Crippen MR) is 166 cm³/mol. The number of benzene rings is 3. The Labute approximate surface area is 249 Å². The lowest BCUT2D eigenvalue weighted by Crippen LogP contribution is -2.53. The fraction of sp³-hybridized carbons (Fsp3) is 0.375. The lowest BCUT2D eigenvalue weighted by Gasteiger charge is -2.33. The fourth-order valence-corrected chi connectivity index (χ4v) is 6.18. The van der Waals surface area contributed by atoms with Crippen LogP contribution in [0.4, 0.5) is 5.69 Å². The molecule has 0 heterocycles. The minimum absolute atomic E-state index is 0.0628. The fourth-order valence-electron chi connectivity index (χ4n) is 4.54. The van der Waals surface area contributed by atoms with Gasteiger partial charge in [0, 0.05) is 18.1 Å². The first kappa shape index (κ1) is 32.2. The first-order valence-corrected chi connectivity index (χ1v) is 15.7. The molecule has 3 aromatic rings. The normalized spacial score (nSPS) is 12.2. The van der Waals surface area contributed by atoms with E-state index < -0.39 is 28.5 Å². The van der Waals surface area contributed by atoms with Crippen molar-refractivity contribution in [2.45, 2.75) is 58.4 Å². The van der Waals surface area contributed by atoms with Crippen molar-refractivity contribution in [3.05, 3.63) is 94.5 Å². The van der Waals surface area contributed by atoms with Crippen LogP contribution in [0, 0.1) is 19.8 Å². The summed E-state index contributed by atoms with van der Waals surface area (Å²) in [6.07, 6.45) is 0.896. The van der Waals surface area contributed by atoms with Crippen LogP contribution in [0.3, 0.4) is 0 Å². The molecule has 3 rings (SSSR count). The molecule has 41 heavy (non-hydrogen) atoms. The first-order valence-electron chi connectivity index (χ1n) is 13.9. The Morgan fingerprint density at radius 3 is 2.20 bits per heavy atom. The number of carbonyl (C=O) groups excluding carboxylic acids is 2. The van der Waals surface area contributed by atoms with Gasteiger partial charge < -0.3 is 10.2 Å². The number of carbonyl (C=O) groups is 2. The van der Waals surface area contributed by atoms with Crippen molar-refractivity contribution < 1.29 is 18.0 Å². The van der Waals surface area contributed by atoms with E-state index in [9.17, 15) is 18.0 Å². The molecule has 2 amide bonds. The number of nitrogens with zero attached hydrogens (tertiary/aromatic N) is 2. The highest BCUT2D eigenvalue weighted by atomic mass is 35.5. The van der Waals surface area contributed by atoms with Gasteiger partial charge in [0.2, 0.25) is 11.8 Å². The summed E-state index contributed by atoms with van der Waals surface area (Å²) < 4.78 is 29.2. The van der Waals surface area contributed by atoms with Gasteiger partial charge in [-0.2, -0.15) is 0 Å². The Morgan fingerprint density at radius 1 is 0.927 bits per heavy atom. The van der Waals surface area contributed by atoms with Crippen LogP contribution >= 0.6 is 11.6 Å². The van der Waals surface area contributed by atoms with Gasteiger partial charge in [-0.05, 0) is 68.0 Å². The zero-order chi connectivity index (χ0) is 30.2. The van der Waals surface area contributed by atoms with Crippen LogP contribution in [-0.2, 0) is 26.0 Å². The number of sulfonamides is 1. The Bertz CT molecular complexity index is 1430. The van der Waals surface area contributed by atoms with Crippen molar-refractivity contribution in [3.8, 4) is 0 Å². The average Bonchev–Trinajstić information content (AvgIpc) is 2.95. The average molecular weight is 598 g/mol. The monoisotopic (exact) mass is 597 g/mol. The van der Waals surface area contributed by atoms with Gasteiger partial charge in [-0.15, -0.1) is 0 Å². The molecular weight excluding hydrogens is 558 g/mol. The van der Waals surface area contributed by atoms with Crippen LogP contribution in [-0.4, -0.2) is 50.8 Å². The summed E-state index contributed by atoms with van der Waals surface area (Å²) in [7, 11) is -4.15. The van der Waals surface area contributed by atoms with E-state index in [0.717, 1.165) is 15.4 Å². The molecule has 0 saturated heterocycles. The number of hydrogen-bond donors (Lipinski definition) is 1. The smallest absolute Gasteiger partial charge is 0.264 e. The van der Waals surface area contributed by atoms with E-state index in [1.807, 2.05) is 58.0 Å². The van der Waals surface area contributed by atoms with Crippen LogP contribution in [0.25, 0.3) is 0 Å². The third-order valence-electron chi connectivity index (χ3n) is 6.95. The summed E-state index contributed by atoms with van der Waals surface area (Å²) in [4.78, 5) is 29.0. The molecule has 0 aliphatic rings. The van der Waals surface area contributed by atoms with Gasteiger partial charge in [-0.1, -0.05) is 86.5 Å². The molecule has 1 atom stereocenters. The van der Waals surface area contributed by atoms with Gasteiger partial charge >= 0.3 is 0 Å². The zero-order valence-electron chi connectivity index (χ0n) is 24.4. The number of nitrogens with one attached hydrogen (secondary N) is 1. The van der Waals surface area contributed by atoms with E-state index in [2.05, 4.69) is 5.32 Å². The Balaban J connectivity index is 2.04. The van der Waals surface area contributed by atoms with E-state index >= 15 is 0 Å². The number of hydrogen-bond acceptors (Lipinski definition) is 4. The third-order valence-corrected chi connectivity index (χ3v) is 9.13. The lowest BCUT2D eigenvalue weighted by atomic mass is 10.1. The van der Waals surface area contributed by atoms with Gasteiger partial charge in [-0.3, -0.25) is 13.9 Å². The van der Waals surface area contributed by atoms with Gasteiger partial charge in [0.1, 0.15) is 12.6 Å². The van der Waals surface area contributed by atoms with Crippen LogP contribution < -0.4 is 9.62 Å². The van der Waals surface area contributed by atoms with Crippen LogP contribution in [0.15, 0.2) is 77.7 Å². The number of aryl methyl sites for hydroxylation is 1. The van der Waals surface area contributed by atoms with E-state index in [1.165, 1.54) is 17.0 Å². The maximum Gasteiger partial charge on any atom is 0.264 e. The van der Waals surface area contributed by atoms with Crippen LogP contribution in [0.2, 0.25) is 5.02 Å². The molecule has 0 spiro atoms. The van der Waals surface area contributed by atoms with Crippen molar-refractivity contribution in [1.82, 2.24) is 10.2 Å². The molecule has 0 bridgehead atoms. The van der Waals surface area contributed by atoms with Crippen LogP contribution in [0.1, 0.15) is 43.9 Å². The summed E-state index contributed by atoms with van der Waals surface area (Å²) in [6.45, 7) is 9.70. The second-order valence-electron chi connectivity index (χ2n) is 10.6. The summed E-state index contributed by atoms with van der Waals surface area (Å²) >= 11 is 6.40. The SMILES string of the molecule is CC[C@@H](C(=O)NCC(C)C)N(CCc1ccccc1)C(=O)CN(c1cccc(Cl)c1C)S(=O)(=O)c1ccc(C)cc1. The maximum absolute atomic E-state index is 14.1. The quantitative estimate of drug-likeness (QED) is 0.271. The molecule has 7 nitrogen and oxygen atoms in total. The minimum Gasteiger partial charge on any atom is -0.354 e. The topological polar surface area (TPSA) is 86.8 Å². The zero-order valence-corrected chi connectivity index (χ0v) is 26.0. The molecule has 1 N–H and O–H groups in total. The molecule has 0 aliphatic heterocycles. The number of amides is 2. The Kier molecular flexibility index (Phi) is 11.4. The molecular formula is C32H40ClN3O4S. The number of halogens is 1. The highest BCUT2D eigenvalue weighted by molar-refractivity contribution is 7.92. The van der Waals surface area contributed by atoms with Gasteiger partial charge in [0.15, 0.2) is 0 Å². The van der Waals surface area contributed by atoms with Crippen molar-refractivity contribution in [2.24, 2.45) is 5.92 Å². The minimum atomic E-state index is -4.15.